The first-order valence-corrected chi connectivity index (χ1v) is 6.12. The molecule has 18 heavy (non-hydrogen) atoms. The van der Waals surface area contributed by atoms with Gasteiger partial charge in [-0.3, -0.25) is 0 Å². The second kappa shape index (κ2) is 8.21. The third kappa shape index (κ3) is 4.74. The van der Waals surface area contributed by atoms with E-state index in [1.54, 1.807) is 7.11 Å². The SMILES string of the molecule is COCC(C)C(OCc1ccccc1)C(O)CO. The van der Waals surface area contributed by atoms with E-state index in [9.17, 15) is 5.11 Å². The van der Waals surface area contributed by atoms with Crippen LogP contribution in [0.2, 0.25) is 0 Å². The van der Waals surface area contributed by atoms with Crippen LogP contribution in [0.1, 0.15) is 12.5 Å². The van der Waals surface area contributed by atoms with Crippen molar-refractivity contribution in [3.05, 3.63) is 35.9 Å². The second-order valence-electron chi connectivity index (χ2n) is 4.44. The summed E-state index contributed by atoms with van der Waals surface area (Å²) in [6.45, 7) is 2.51. The highest BCUT2D eigenvalue weighted by molar-refractivity contribution is 5.13. The summed E-state index contributed by atoms with van der Waals surface area (Å²) < 4.78 is 10.8. The number of ether oxygens (including phenoxy) is 2. The first-order valence-electron chi connectivity index (χ1n) is 6.12. The molecule has 3 unspecified atom stereocenters. The van der Waals surface area contributed by atoms with Crippen molar-refractivity contribution >= 4 is 0 Å². The lowest BCUT2D eigenvalue weighted by Gasteiger charge is -2.27. The molecule has 0 aromatic heterocycles. The molecule has 1 aromatic rings. The summed E-state index contributed by atoms with van der Waals surface area (Å²) in [5, 5.41) is 18.8. The van der Waals surface area contributed by atoms with E-state index in [0.29, 0.717) is 13.2 Å². The Morgan fingerprint density at radius 1 is 1.22 bits per heavy atom. The maximum atomic E-state index is 9.76. The van der Waals surface area contributed by atoms with E-state index in [4.69, 9.17) is 14.6 Å². The zero-order valence-corrected chi connectivity index (χ0v) is 11.0. The van der Waals surface area contributed by atoms with Crippen molar-refractivity contribution in [2.24, 2.45) is 5.92 Å². The molecule has 0 spiro atoms. The smallest absolute Gasteiger partial charge is 0.104 e. The summed E-state index contributed by atoms with van der Waals surface area (Å²) in [6, 6.07) is 9.74. The zero-order chi connectivity index (χ0) is 13.4. The molecule has 0 saturated carbocycles. The number of hydrogen-bond donors (Lipinski definition) is 2. The van der Waals surface area contributed by atoms with Gasteiger partial charge in [0.1, 0.15) is 6.10 Å². The maximum Gasteiger partial charge on any atom is 0.104 e. The molecule has 0 heterocycles. The van der Waals surface area contributed by atoms with E-state index in [1.807, 2.05) is 37.3 Å². The molecule has 102 valence electrons. The second-order valence-corrected chi connectivity index (χ2v) is 4.44. The van der Waals surface area contributed by atoms with Crippen LogP contribution in [0.3, 0.4) is 0 Å². The van der Waals surface area contributed by atoms with Crippen LogP contribution in [0, 0.1) is 5.92 Å². The number of aliphatic hydroxyl groups is 2. The highest BCUT2D eigenvalue weighted by Crippen LogP contribution is 2.15. The third-order valence-corrected chi connectivity index (χ3v) is 2.84. The Morgan fingerprint density at radius 3 is 2.44 bits per heavy atom. The quantitative estimate of drug-likeness (QED) is 0.732. The molecule has 0 bridgehead atoms. The Morgan fingerprint density at radius 2 is 1.89 bits per heavy atom. The molecule has 4 nitrogen and oxygen atoms in total. The van der Waals surface area contributed by atoms with Crippen LogP contribution in [0.25, 0.3) is 0 Å². The van der Waals surface area contributed by atoms with Gasteiger partial charge < -0.3 is 19.7 Å². The van der Waals surface area contributed by atoms with Gasteiger partial charge in [0.05, 0.1) is 25.9 Å². The lowest BCUT2D eigenvalue weighted by atomic mass is 10.0. The highest BCUT2D eigenvalue weighted by atomic mass is 16.5. The van der Waals surface area contributed by atoms with E-state index >= 15 is 0 Å². The summed E-state index contributed by atoms with van der Waals surface area (Å²) in [4.78, 5) is 0. The van der Waals surface area contributed by atoms with E-state index in [2.05, 4.69) is 0 Å². The Labute approximate surface area is 108 Å². The number of benzene rings is 1. The average Bonchev–Trinajstić information content (AvgIpc) is 2.40. The van der Waals surface area contributed by atoms with Crippen LogP contribution >= 0.6 is 0 Å². The van der Waals surface area contributed by atoms with Crippen LogP contribution < -0.4 is 0 Å². The van der Waals surface area contributed by atoms with Gasteiger partial charge in [-0.05, 0) is 5.56 Å². The van der Waals surface area contributed by atoms with Crippen molar-refractivity contribution in [2.45, 2.75) is 25.7 Å². The largest absolute Gasteiger partial charge is 0.394 e. The predicted molar refractivity (Wildman–Crippen MR) is 69.2 cm³/mol. The fraction of sp³-hybridized carbons (Fsp3) is 0.571. The minimum Gasteiger partial charge on any atom is -0.394 e. The highest BCUT2D eigenvalue weighted by Gasteiger charge is 2.25. The van der Waals surface area contributed by atoms with Gasteiger partial charge in [0.15, 0.2) is 0 Å². The van der Waals surface area contributed by atoms with Crippen LogP contribution in [-0.2, 0) is 16.1 Å². The fourth-order valence-electron chi connectivity index (χ4n) is 1.88. The molecule has 3 atom stereocenters. The fourth-order valence-corrected chi connectivity index (χ4v) is 1.88. The standard InChI is InChI=1S/C14H22O4/c1-11(9-17-2)14(13(16)8-15)18-10-12-6-4-3-5-7-12/h3-7,11,13-16H,8-10H2,1-2H3. The molecular weight excluding hydrogens is 232 g/mol. The molecule has 0 aliphatic carbocycles. The molecule has 2 N–H and O–H groups in total. The Hall–Kier alpha value is -0.940. The number of aliphatic hydroxyl groups excluding tert-OH is 2. The van der Waals surface area contributed by atoms with Crippen molar-refractivity contribution in [3.63, 3.8) is 0 Å². The minimum absolute atomic E-state index is 0.0147. The van der Waals surface area contributed by atoms with Gasteiger partial charge in [-0.2, -0.15) is 0 Å². The Balaban J connectivity index is 2.56. The van der Waals surface area contributed by atoms with E-state index in [-0.39, 0.29) is 12.5 Å². The summed E-state index contributed by atoms with van der Waals surface area (Å²) >= 11 is 0. The number of methoxy groups -OCH3 is 1. The molecular formula is C14H22O4. The van der Waals surface area contributed by atoms with Crippen molar-refractivity contribution in [1.29, 1.82) is 0 Å². The molecule has 0 saturated heterocycles. The van der Waals surface area contributed by atoms with Crippen molar-refractivity contribution in [2.75, 3.05) is 20.3 Å². The average molecular weight is 254 g/mol. The zero-order valence-electron chi connectivity index (χ0n) is 11.0. The molecule has 0 aliphatic heterocycles. The van der Waals surface area contributed by atoms with Crippen LogP contribution in [-0.4, -0.2) is 42.7 Å². The minimum atomic E-state index is -0.890. The maximum absolute atomic E-state index is 9.76. The monoisotopic (exact) mass is 254 g/mol. The number of hydrogen-bond acceptors (Lipinski definition) is 4. The van der Waals surface area contributed by atoms with Gasteiger partial charge in [0.2, 0.25) is 0 Å². The van der Waals surface area contributed by atoms with E-state index in [1.165, 1.54) is 0 Å². The lowest BCUT2D eigenvalue weighted by molar-refractivity contribution is -0.0995. The molecule has 1 aromatic carbocycles. The van der Waals surface area contributed by atoms with Gasteiger partial charge in [-0.1, -0.05) is 37.3 Å². The normalized spacial score (nSPS) is 16.2. The third-order valence-electron chi connectivity index (χ3n) is 2.84. The molecule has 0 radical (unpaired) electrons. The Bertz CT molecular complexity index is 315. The topological polar surface area (TPSA) is 58.9 Å². The molecule has 0 aliphatic rings. The molecule has 4 heteroatoms. The van der Waals surface area contributed by atoms with Crippen molar-refractivity contribution in [3.8, 4) is 0 Å². The van der Waals surface area contributed by atoms with Crippen LogP contribution in [0.5, 0.6) is 0 Å². The van der Waals surface area contributed by atoms with Gasteiger partial charge in [-0.15, -0.1) is 0 Å². The molecule has 0 amide bonds. The van der Waals surface area contributed by atoms with Crippen LogP contribution in [0.4, 0.5) is 0 Å². The number of rotatable bonds is 8. The molecule has 1 rings (SSSR count). The van der Waals surface area contributed by atoms with Crippen LogP contribution in [0.15, 0.2) is 30.3 Å². The first kappa shape index (κ1) is 15.1. The van der Waals surface area contributed by atoms with Gasteiger partial charge in [0.25, 0.3) is 0 Å². The first-order chi connectivity index (χ1) is 8.69. The van der Waals surface area contributed by atoms with Gasteiger partial charge in [0, 0.05) is 13.0 Å². The lowest BCUT2D eigenvalue weighted by Crippen LogP contribution is -2.39. The molecule has 0 fully saturated rings. The van der Waals surface area contributed by atoms with Gasteiger partial charge >= 0.3 is 0 Å². The van der Waals surface area contributed by atoms with Crippen molar-refractivity contribution in [1.82, 2.24) is 0 Å². The predicted octanol–water partition coefficient (Wildman–Crippen LogP) is 1.21. The summed E-state index contributed by atoms with van der Waals surface area (Å²) in [5.41, 5.74) is 1.04. The van der Waals surface area contributed by atoms with Gasteiger partial charge in [-0.25, -0.2) is 0 Å². The Kier molecular flexibility index (Phi) is 6.90. The van der Waals surface area contributed by atoms with E-state index < -0.39 is 12.2 Å². The summed E-state index contributed by atoms with van der Waals surface area (Å²) in [7, 11) is 1.61. The summed E-state index contributed by atoms with van der Waals surface area (Å²) in [6.07, 6.45) is -1.32. The summed E-state index contributed by atoms with van der Waals surface area (Å²) in [5.74, 6) is 0.0147. The van der Waals surface area contributed by atoms with E-state index in [0.717, 1.165) is 5.56 Å². The van der Waals surface area contributed by atoms with Crippen molar-refractivity contribution < 1.29 is 19.7 Å².